The van der Waals surface area contributed by atoms with Crippen molar-refractivity contribution in [3.05, 3.63) is 46.4 Å². The maximum atomic E-state index is 13.2. The number of anilines is 1. The number of hydrazine groups is 1. The number of nitrogens with zero attached hydrogens (tertiary/aromatic N) is 2. The van der Waals surface area contributed by atoms with Crippen molar-refractivity contribution in [3.8, 4) is 0 Å². The van der Waals surface area contributed by atoms with Gasteiger partial charge in [-0.2, -0.15) is 5.17 Å². The number of piperidine rings is 1. The molecule has 1 aromatic carbocycles. The van der Waals surface area contributed by atoms with E-state index in [4.69, 9.17) is 28.5 Å². The second kappa shape index (κ2) is 15.0. The predicted octanol–water partition coefficient (Wildman–Crippen LogP) is 3.79. The molecule has 0 saturated carbocycles. The van der Waals surface area contributed by atoms with Gasteiger partial charge in [0.1, 0.15) is 11.6 Å². The van der Waals surface area contributed by atoms with Crippen LogP contribution in [0.3, 0.4) is 0 Å². The van der Waals surface area contributed by atoms with Crippen molar-refractivity contribution < 1.29 is 43.2 Å². The Morgan fingerprint density at radius 3 is 2.68 bits per heavy atom. The zero-order valence-electron chi connectivity index (χ0n) is 26.6. The lowest BCUT2D eigenvalue weighted by Crippen LogP contribution is -2.55. The molecule has 3 aliphatic rings. The van der Waals surface area contributed by atoms with Gasteiger partial charge < -0.3 is 34.1 Å². The van der Waals surface area contributed by atoms with Gasteiger partial charge in [0.2, 0.25) is 5.88 Å². The van der Waals surface area contributed by atoms with E-state index in [0.717, 1.165) is 35.2 Å². The second-order valence-electron chi connectivity index (χ2n) is 11.8. The molecule has 44 heavy (non-hydrogen) atoms. The summed E-state index contributed by atoms with van der Waals surface area (Å²) in [6.07, 6.45) is 3.87. The van der Waals surface area contributed by atoms with Gasteiger partial charge in [0.05, 0.1) is 32.6 Å². The number of ether oxygens (including phenoxy) is 5. The van der Waals surface area contributed by atoms with E-state index >= 15 is 0 Å². The zero-order valence-corrected chi connectivity index (χ0v) is 26.6. The quantitative estimate of drug-likeness (QED) is 0.274. The molecule has 2 atom stereocenters. The summed E-state index contributed by atoms with van der Waals surface area (Å²) in [5, 5.41) is 15.8. The number of rotatable bonds is 9. The van der Waals surface area contributed by atoms with Crippen LogP contribution < -0.4 is 10.7 Å². The van der Waals surface area contributed by atoms with Gasteiger partial charge in [-0.3, -0.25) is 4.90 Å². The van der Waals surface area contributed by atoms with E-state index in [0.29, 0.717) is 36.6 Å². The molecule has 4 rings (SSSR count). The second-order valence-corrected chi connectivity index (χ2v) is 11.8. The number of fused-ring (bicyclic) bond motifs is 2. The highest BCUT2D eigenvalue weighted by Gasteiger charge is 2.39. The van der Waals surface area contributed by atoms with Crippen molar-refractivity contribution >= 4 is 23.4 Å². The number of carbonyl (C=O) groups is 2. The number of hydrogen-bond donors (Lipinski definition) is 3. The van der Waals surface area contributed by atoms with Crippen LogP contribution in [0.1, 0.15) is 70.1 Å². The molecule has 1 aromatic rings. The maximum absolute atomic E-state index is 13.2. The Balaban J connectivity index is 1.68. The Morgan fingerprint density at radius 2 is 2.00 bits per heavy atom. The standard InChI is InChI=1S/C31H46N4O9/c1-7-42-29(37)26-13-10-21(16-34(26)30(38)44-31(2,3)4)32-25-12-11-22-24(23(25)17-36)18-41-14-8-9-20-15-27(40-6)33-35(28(20)22)43-19-39-5/h11-12,15,21,26,32-33,36H,7-10,13-14,16-19H2,1-6H3/t21-,26+/m1/s1. The molecular formula is C31H46N4O9. The molecule has 1 amide bonds. The van der Waals surface area contributed by atoms with Crippen molar-refractivity contribution in [2.24, 2.45) is 0 Å². The summed E-state index contributed by atoms with van der Waals surface area (Å²) in [7, 11) is 3.13. The molecule has 3 heterocycles. The third kappa shape index (κ3) is 7.95. The molecule has 13 heteroatoms. The number of aliphatic hydroxyl groups excluding tert-OH is 1. The number of hydrogen-bond acceptors (Lipinski definition) is 12. The van der Waals surface area contributed by atoms with Crippen LogP contribution in [0.15, 0.2) is 29.7 Å². The fourth-order valence-corrected chi connectivity index (χ4v) is 5.57. The summed E-state index contributed by atoms with van der Waals surface area (Å²) >= 11 is 0. The van der Waals surface area contributed by atoms with Crippen molar-refractivity contribution in [1.29, 1.82) is 0 Å². The molecule has 0 aromatic heterocycles. The molecule has 1 saturated heterocycles. The third-order valence-corrected chi connectivity index (χ3v) is 7.50. The fourth-order valence-electron chi connectivity index (χ4n) is 5.57. The molecule has 0 aliphatic carbocycles. The lowest BCUT2D eigenvalue weighted by atomic mass is 9.93. The molecule has 244 valence electrons. The first-order valence-electron chi connectivity index (χ1n) is 15.0. The monoisotopic (exact) mass is 618 g/mol. The highest BCUT2D eigenvalue weighted by atomic mass is 16.8. The highest BCUT2D eigenvalue weighted by Crippen LogP contribution is 2.37. The Bertz CT molecular complexity index is 1240. The van der Waals surface area contributed by atoms with Gasteiger partial charge in [-0.1, -0.05) is 6.07 Å². The zero-order chi connectivity index (χ0) is 31.9. The topological polar surface area (TPSA) is 140 Å². The van der Waals surface area contributed by atoms with E-state index in [1.54, 1.807) is 41.9 Å². The molecule has 0 spiro atoms. The van der Waals surface area contributed by atoms with E-state index < -0.39 is 23.7 Å². The van der Waals surface area contributed by atoms with Crippen molar-refractivity contribution in [3.63, 3.8) is 0 Å². The number of carbonyl (C=O) groups excluding carboxylic acids is 2. The van der Waals surface area contributed by atoms with Crippen LogP contribution >= 0.6 is 0 Å². The van der Waals surface area contributed by atoms with Crippen LogP contribution in [0.2, 0.25) is 0 Å². The van der Waals surface area contributed by atoms with Crippen LogP contribution in [0.25, 0.3) is 5.70 Å². The minimum Gasteiger partial charge on any atom is -0.481 e. The van der Waals surface area contributed by atoms with Crippen LogP contribution in [0, 0.1) is 0 Å². The molecule has 3 aliphatic heterocycles. The van der Waals surface area contributed by atoms with Crippen molar-refractivity contribution in [1.82, 2.24) is 15.5 Å². The molecule has 0 radical (unpaired) electrons. The van der Waals surface area contributed by atoms with E-state index in [1.165, 1.54) is 10.1 Å². The molecular weight excluding hydrogens is 572 g/mol. The SMILES string of the molecule is CCOC(=O)[C@@H]1CC[C@@H](Nc2ccc3c(c2CO)COCCCC2=C3N(OCOC)NC(OC)=C2)CN1C(=O)OC(C)(C)C. The highest BCUT2D eigenvalue weighted by molar-refractivity contribution is 5.82. The average Bonchev–Trinajstić information content (AvgIpc) is 3.07. The van der Waals surface area contributed by atoms with Crippen LogP contribution in [-0.2, 0) is 46.5 Å². The van der Waals surface area contributed by atoms with Gasteiger partial charge in [0.25, 0.3) is 0 Å². The lowest BCUT2D eigenvalue weighted by molar-refractivity contribution is -0.209. The largest absolute Gasteiger partial charge is 0.481 e. The number of methoxy groups -OCH3 is 2. The molecule has 0 unspecified atom stereocenters. The molecule has 0 bridgehead atoms. The minimum absolute atomic E-state index is 0.00171. The van der Waals surface area contributed by atoms with Gasteiger partial charge >= 0.3 is 12.1 Å². The van der Waals surface area contributed by atoms with E-state index in [2.05, 4.69) is 10.7 Å². The first-order valence-corrected chi connectivity index (χ1v) is 15.0. The van der Waals surface area contributed by atoms with Gasteiger partial charge in [-0.15, -0.1) is 0 Å². The van der Waals surface area contributed by atoms with E-state index in [9.17, 15) is 14.7 Å². The van der Waals surface area contributed by atoms with Crippen LogP contribution in [-0.4, -0.2) is 85.7 Å². The summed E-state index contributed by atoms with van der Waals surface area (Å²) in [6.45, 7) is 8.10. The number of amides is 1. The Hall–Kier alpha value is -3.52. The van der Waals surface area contributed by atoms with E-state index in [1.807, 2.05) is 18.2 Å². The smallest absolute Gasteiger partial charge is 0.411 e. The number of allylic oxidation sites excluding steroid dienone is 2. The first kappa shape index (κ1) is 33.4. The Kier molecular flexibility index (Phi) is 11.4. The average molecular weight is 619 g/mol. The number of aliphatic hydroxyl groups is 1. The van der Waals surface area contributed by atoms with Crippen LogP contribution in [0.5, 0.6) is 0 Å². The summed E-state index contributed by atoms with van der Waals surface area (Å²) < 4.78 is 27.6. The first-order chi connectivity index (χ1) is 21.1. The number of benzene rings is 1. The van der Waals surface area contributed by atoms with Gasteiger partial charge in [-0.05, 0) is 70.6 Å². The summed E-state index contributed by atoms with van der Waals surface area (Å²) in [4.78, 5) is 33.3. The predicted molar refractivity (Wildman–Crippen MR) is 161 cm³/mol. The van der Waals surface area contributed by atoms with Gasteiger partial charge in [0.15, 0.2) is 6.79 Å². The number of likely N-dealkylation sites (tertiary alicyclic amines) is 1. The van der Waals surface area contributed by atoms with Gasteiger partial charge in [-0.25, -0.2) is 19.9 Å². The summed E-state index contributed by atoms with van der Waals surface area (Å²) in [5.41, 5.74) is 7.16. The number of hydroxylamine groups is 1. The summed E-state index contributed by atoms with van der Waals surface area (Å²) in [6, 6.07) is 2.92. The normalized spacial score (nSPS) is 20.7. The molecule has 1 fully saturated rings. The van der Waals surface area contributed by atoms with E-state index in [-0.39, 0.29) is 39.2 Å². The number of esters is 1. The Morgan fingerprint density at radius 1 is 1.20 bits per heavy atom. The summed E-state index contributed by atoms with van der Waals surface area (Å²) in [5.74, 6) is 0.0773. The van der Waals surface area contributed by atoms with Crippen molar-refractivity contribution in [2.75, 3.05) is 46.1 Å². The van der Waals surface area contributed by atoms with Gasteiger partial charge in [0, 0.05) is 49.2 Å². The molecule has 3 N–H and O–H groups in total. The third-order valence-electron chi connectivity index (χ3n) is 7.50. The fraction of sp³-hybridized carbons (Fsp3) is 0.613. The number of nitrogens with one attached hydrogen (secondary N) is 2. The minimum atomic E-state index is -0.736. The molecule has 13 nitrogen and oxygen atoms in total. The van der Waals surface area contributed by atoms with Crippen molar-refractivity contribution in [2.45, 2.75) is 84.3 Å². The van der Waals surface area contributed by atoms with Crippen LogP contribution in [0.4, 0.5) is 10.5 Å². The lowest BCUT2D eigenvalue weighted by Gasteiger charge is -2.39. The maximum Gasteiger partial charge on any atom is 0.411 e. The Labute approximate surface area is 259 Å².